The molecule has 2 aliphatic carbocycles. The van der Waals surface area contributed by atoms with E-state index in [9.17, 15) is 0 Å². The highest BCUT2D eigenvalue weighted by Crippen LogP contribution is 2.44. The van der Waals surface area contributed by atoms with Gasteiger partial charge in [-0.2, -0.15) is 0 Å². The third-order valence-electron chi connectivity index (χ3n) is 9.37. The maximum atomic E-state index is 6.26. The fourth-order valence-electron chi connectivity index (χ4n) is 7.43. The van der Waals surface area contributed by atoms with Crippen molar-refractivity contribution in [1.82, 2.24) is 0 Å². The second-order valence-electron chi connectivity index (χ2n) is 11.8. The summed E-state index contributed by atoms with van der Waals surface area (Å²) in [4.78, 5) is 8.66. The maximum Gasteiger partial charge on any atom is 0.223 e. The van der Waals surface area contributed by atoms with Crippen LogP contribution in [-0.2, 0) is 0 Å². The summed E-state index contributed by atoms with van der Waals surface area (Å²) in [5, 5.41) is 12.8. The summed E-state index contributed by atoms with van der Waals surface area (Å²) >= 11 is 0. The van der Waals surface area contributed by atoms with Crippen molar-refractivity contribution >= 4 is 67.7 Å². The molecule has 0 saturated heterocycles. The molecule has 6 nitrogen and oxygen atoms in total. The summed E-state index contributed by atoms with van der Waals surface area (Å²) in [6.07, 6.45) is 10.9. The van der Waals surface area contributed by atoms with Crippen LogP contribution in [0.5, 0.6) is 0 Å². The first-order valence-corrected chi connectivity index (χ1v) is 15.3. The number of fused-ring (bicyclic) bond motifs is 8. The highest BCUT2D eigenvalue weighted by atomic mass is 16.4. The van der Waals surface area contributed by atoms with Gasteiger partial charge in [0, 0.05) is 48.3 Å². The number of benzene rings is 4. The van der Waals surface area contributed by atoms with Gasteiger partial charge in [-0.25, -0.2) is 0 Å². The number of allylic oxidation sites excluding steroid dienone is 4. The largest absolute Gasteiger partial charge is 0.456 e. The van der Waals surface area contributed by atoms with E-state index in [1.165, 1.54) is 32.7 Å². The number of hydrogen-bond acceptors (Lipinski definition) is 5. The molecule has 0 amide bonds. The molecule has 3 unspecified atom stereocenters. The Bertz CT molecular complexity index is 2440. The van der Waals surface area contributed by atoms with Crippen molar-refractivity contribution in [3.63, 3.8) is 0 Å². The van der Waals surface area contributed by atoms with Crippen LogP contribution in [0, 0.1) is 11.8 Å². The van der Waals surface area contributed by atoms with E-state index in [2.05, 4.69) is 118 Å². The van der Waals surface area contributed by atoms with Crippen molar-refractivity contribution in [1.29, 1.82) is 0 Å². The van der Waals surface area contributed by atoms with Gasteiger partial charge in [-0.05, 0) is 63.0 Å². The number of nitrogens with zero attached hydrogens (tertiary/aromatic N) is 2. The summed E-state index contributed by atoms with van der Waals surface area (Å²) in [6.45, 7) is 0. The van der Waals surface area contributed by atoms with Crippen molar-refractivity contribution < 1.29 is 8.83 Å². The number of hydrogen-bond donors (Lipinski definition) is 2. The molecule has 9 rings (SSSR count). The average molecular weight is 587 g/mol. The van der Waals surface area contributed by atoms with Gasteiger partial charge in [-0.15, -0.1) is 0 Å². The van der Waals surface area contributed by atoms with E-state index in [1.54, 1.807) is 14.1 Å². The van der Waals surface area contributed by atoms with E-state index < -0.39 is 0 Å². The molecule has 6 aromatic rings. The first-order valence-electron chi connectivity index (χ1n) is 15.3. The molecule has 4 aromatic carbocycles. The van der Waals surface area contributed by atoms with E-state index >= 15 is 0 Å². The summed E-state index contributed by atoms with van der Waals surface area (Å²) in [7, 11) is 3.54. The van der Waals surface area contributed by atoms with Crippen LogP contribution in [0.25, 0.3) is 44.1 Å². The molecule has 45 heavy (non-hydrogen) atoms. The molecule has 0 radical (unpaired) electrons. The second kappa shape index (κ2) is 9.96. The number of anilines is 2. The Morgan fingerprint density at radius 3 is 1.98 bits per heavy atom. The lowest BCUT2D eigenvalue weighted by Gasteiger charge is -2.33. The van der Waals surface area contributed by atoms with Gasteiger partial charge in [0.15, 0.2) is 0 Å². The highest BCUT2D eigenvalue weighted by molar-refractivity contribution is 6.17. The van der Waals surface area contributed by atoms with Crippen LogP contribution in [0.3, 0.4) is 0 Å². The van der Waals surface area contributed by atoms with Gasteiger partial charge in [-0.1, -0.05) is 78.9 Å². The minimum Gasteiger partial charge on any atom is -0.456 e. The SMILES string of the molecule is CN=CC1Nc2c(oc3ccc(C4=c5ccccc5=C(c5ccc6oc7ccccc7c6c5)C5C=CC=CC45)cc23)NC1=NC. The quantitative estimate of drug-likeness (QED) is 0.218. The Labute approximate surface area is 259 Å². The van der Waals surface area contributed by atoms with Crippen molar-refractivity contribution in [3.8, 4) is 0 Å². The van der Waals surface area contributed by atoms with Crippen LogP contribution < -0.4 is 21.1 Å². The molecule has 0 spiro atoms. The van der Waals surface area contributed by atoms with E-state index in [4.69, 9.17) is 8.83 Å². The standard InChI is InChI=1S/C39H30N4O2/c1-40-21-31-38(41-2)43-39-37(42-31)30-20-23(16-18-34(30)45-39)36-27-12-5-3-10-25(27)35(26-11-4-6-13-28(26)36)22-15-17-33-29(19-22)24-9-7-8-14-32(24)44-33/h3-21,25,27,31,42H,1-2H3,(H,41,43). The Kier molecular flexibility index (Phi) is 5.72. The van der Waals surface area contributed by atoms with Crippen molar-refractivity contribution in [2.24, 2.45) is 21.8 Å². The summed E-state index contributed by atoms with van der Waals surface area (Å²) in [5.41, 5.74) is 8.64. The van der Waals surface area contributed by atoms with Gasteiger partial charge < -0.3 is 19.5 Å². The van der Waals surface area contributed by atoms with Crippen LogP contribution in [-0.4, -0.2) is 32.2 Å². The molecule has 0 bridgehead atoms. The van der Waals surface area contributed by atoms with Gasteiger partial charge in [-0.3, -0.25) is 9.98 Å². The van der Waals surface area contributed by atoms with Crippen LogP contribution in [0.15, 0.2) is 128 Å². The molecular formula is C39H30N4O2. The zero-order chi connectivity index (χ0) is 30.1. The Balaban J connectivity index is 1.29. The van der Waals surface area contributed by atoms with E-state index in [1.807, 2.05) is 18.3 Å². The molecule has 3 aliphatic rings. The molecular weight excluding hydrogens is 556 g/mol. The molecule has 218 valence electrons. The van der Waals surface area contributed by atoms with Gasteiger partial charge in [0.1, 0.15) is 34.3 Å². The van der Waals surface area contributed by atoms with E-state index in [0.717, 1.165) is 44.4 Å². The normalized spacial score (nSPS) is 21.4. The Hall–Kier alpha value is -5.62. The molecule has 1 aliphatic heterocycles. The lowest BCUT2D eigenvalue weighted by molar-refractivity contribution is 0.634. The van der Waals surface area contributed by atoms with Gasteiger partial charge in [0.2, 0.25) is 5.88 Å². The van der Waals surface area contributed by atoms with Gasteiger partial charge in [0.25, 0.3) is 0 Å². The molecule has 2 N–H and O–H groups in total. The highest BCUT2D eigenvalue weighted by Gasteiger charge is 2.33. The second-order valence-corrected chi connectivity index (χ2v) is 11.8. The minimum atomic E-state index is -0.155. The maximum absolute atomic E-state index is 6.26. The zero-order valence-corrected chi connectivity index (χ0v) is 24.9. The monoisotopic (exact) mass is 586 g/mol. The first-order chi connectivity index (χ1) is 22.2. The minimum absolute atomic E-state index is 0.155. The fourth-order valence-corrected chi connectivity index (χ4v) is 7.43. The zero-order valence-electron chi connectivity index (χ0n) is 24.9. The van der Waals surface area contributed by atoms with Crippen LogP contribution in [0.1, 0.15) is 11.1 Å². The Morgan fingerprint density at radius 1 is 0.667 bits per heavy atom. The molecule has 6 heteroatoms. The third kappa shape index (κ3) is 3.88. The molecule has 2 aromatic heterocycles. The predicted molar refractivity (Wildman–Crippen MR) is 185 cm³/mol. The van der Waals surface area contributed by atoms with Gasteiger partial charge >= 0.3 is 0 Å². The number of amidine groups is 1. The van der Waals surface area contributed by atoms with Crippen molar-refractivity contribution in [3.05, 3.63) is 131 Å². The Morgan fingerprint density at radius 2 is 1.29 bits per heavy atom. The van der Waals surface area contributed by atoms with Crippen LogP contribution >= 0.6 is 0 Å². The lowest BCUT2D eigenvalue weighted by Crippen LogP contribution is -2.40. The molecule has 0 saturated carbocycles. The van der Waals surface area contributed by atoms with Crippen LogP contribution in [0.4, 0.5) is 11.6 Å². The number of furan rings is 2. The molecule has 0 fully saturated rings. The average Bonchev–Trinajstić information content (AvgIpc) is 3.64. The topological polar surface area (TPSA) is 75.1 Å². The van der Waals surface area contributed by atoms with E-state index in [-0.39, 0.29) is 17.9 Å². The first kappa shape index (κ1) is 25.8. The number of nitrogens with one attached hydrogen (secondary N) is 2. The van der Waals surface area contributed by atoms with Crippen molar-refractivity contribution in [2.45, 2.75) is 6.04 Å². The lowest BCUT2D eigenvalue weighted by atomic mass is 9.70. The molecule has 3 heterocycles. The fraction of sp³-hybridized carbons (Fsp3) is 0.128. The predicted octanol–water partition coefficient (Wildman–Crippen LogP) is 7.04. The van der Waals surface area contributed by atoms with Crippen molar-refractivity contribution in [2.75, 3.05) is 24.7 Å². The third-order valence-corrected chi connectivity index (χ3v) is 9.37. The van der Waals surface area contributed by atoms with Crippen LogP contribution in [0.2, 0.25) is 0 Å². The summed E-state index contributed by atoms with van der Waals surface area (Å²) in [6, 6.07) is 30.2. The smallest absolute Gasteiger partial charge is 0.223 e. The van der Waals surface area contributed by atoms with E-state index in [0.29, 0.717) is 5.88 Å². The van der Waals surface area contributed by atoms with Gasteiger partial charge in [0.05, 0.1) is 0 Å². The molecule has 3 atom stereocenters. The number of para-hydroxylation sites is 1. The summed E-state index contributed by atoms with van der Waals surface area (Å²) in [5.74, 6) is 1.79. The number of rotatable bonds is 3. The number of aliphatic imine (C=N–C) groups is 2. The summed E-state index contributed by atoms with van der Waals surface area (Å²) < 4.78 is 12.4.